The molecule has 0 aliphatic rings. The topological polar surface area (TPSA) is 70.5 Å². The summed E-state index contributed by atoms with van der Waals surface area (Å²) in [6.07, 6.45) is 4.69. The van der Waals surface area contributed by atoms with Gasteiger partial charge in [-0.05, 0) is 66.1 Å². The number of para-hydroxylation sites is 4. The lowest BCUT2D eigenvalue weighted by atomic mass is 9.87. The molecule has 0 radical (unpaired) electrons. The Labute approximate surface area is 202 Å². The maximum absolute atomic E-state index is 6.02. The fourth-order valence-corrected chi connectivity index (χ4v) is 4.06. The fraction of sp³-hybridized carbons (Fsp3) is 0.200. The van der Waals surface area contributed by atoms with Crippen LogP contribution >= 0.6 is 0 Å². The van der Waals surface area contributed by atoms with Gasteiger partial charge in [-0.2, -0.15) is 0 Å². The van der Waals surface area contributed by atoms with Crippen molar-refractivity contribution in [3.8, 4) is 23.0 Å². The van der Waals surface area contributed by atoms with Crippen LogP contribution < -0.4 is 20.9 Å². The minimum atomic E-state index is 0.304. The molecular weight excluding hydrogens is 420 g/mol. The summed E-state index contributed by atoms with van der Waals surface area (Å²) in [6, 6.07) is 31.8. The van der Waals surface area contributed by atoms with Crippen molar-refractivity contribution in [1.82, 2.24) is 0 Å². The van der Waals surface area contributed by atoms with Crippen molar-refractivity contribution in [1.29, 1.82) is 0 Å². The van der Waals surface area contributed by atoms with Crippen molar-refractivity contribution in [2.24, 2.45) is 0 Å². The van der Waals surface area contributed by atoms with Crippen LogP contribution in [-0.2, 0) is 0 Å². The largest absolute Gasteiger partial charge is 0.455 e. The second-order valence-electron chi connectivity index (χ2n) is 8.47. The van der Waals surface area contributed by atoms with E-state index in [9.17, 15) is 0 Å². The number of rotatable bonds is 10. The molecule has 4 N–H and O–H groups in total. The average molecular weight is 453 g/mol. The molecule has 0 heterocycles. The van der Waals surface area contributed by atoms with Gasteiger partial charge in [-0.25, -0.2) is 0 Å². The average Bonchev–Trinajstić information content (AvgIpc) is 2.86. The van der Waals surface area contributed by atoms with Gasteiger partial charge < -0.3 is 20.9 Å². The number of ether oxygens (including phenoxy) is 2. The molecule has 0 fully saturated rings. The van der Waals surface area contributed by atoms with E-state index in [4.69, 9.17) is 20.9 Å². The zero-order valence-corrected chi connectivity index (χ0v) is 19.6. The summed E-state index contributed by atoms with van der Waals surface area (Å²) in [6.45, 7) is 2.23. The number of benzene rings is 4. The van der Waals surface area contributed by atoms with Gasteiger partial charge in [0.2, 0.25) is 0 Å². The van der Waals surface area contributed by atoms with E-state index in [0.717, 1.165) is 17.9 Å². The van der Waals surface area contributed by atoms with Crippen LogP contribution in [-0.4, -0.2) is 0 Å². The zero-order chi connectivity index (χ0) is 23.8. The fourth-order valence-electron chi connectivity index (χ4n) is 4.06. The molecule has 4 nitrogen and oxygen atoms in total. The third kappa shape index (κ3) is 5.90. The molecule has 0 saturated carbocycles. The lowest BCUT2D eigenvalue weighted by Crippen LogP contribution is -2.02. The SMILES string of the molecule is CCCCCC(c1ccc(Oc2ccccc2N)cc1)c1ccc(Oc2ccccc2N)cc1. The maximum Gasteiger partial charge on any atom is 0.150 e. The Hall–Kier alpha value is -3.92. The Morgan fingerprint density at radius 3 is 1.44 bits per heavy atom. The first-order chi connectivity index (χ1) is 16.6. The molecule has 0 unspecified atom stereocenters. The number of nitrogens with two attached hydrogens (primary N) is 2. The van der Waals surface area contributed by atoms with Crippen molar-refractivity contribution < 1.29 is 9.47 Å². The van der Waals surface area contributed by atoms with Crippen LogP contribution in [0.25, 0.3) is 0 Å². The maximum atomic E-state index is 6.02. The van der Waals surface area contributed by atoms with Crippen molar-refractivity contribution in [3.05, 3.63) is 108 Å². The van der Waals surface area contributed by atoms with Gasteiger partial charge in [0.05, 0.1) is 11.4 Å². The highest BCUT2D eigenvalue weighted by Gasteiger charge is 2.15. The van der Waals surface area contributed by atoms with Crippen molar-refractivity contribution in [2.75, 3.05) is 11.5 Å². The van der Waals surface area contributed by atoms with Crippen molar-refractivity contribution in [2.45, 2.75) is 38.5 Å². The van der Waals surface area contributed by atoms with Gasteiger partial charge in [-0.15, -0.1) is 0 Å². The van der Waals surface area contributed by atoms with E-state index in [2.05, 4.69) is 31.2 Å². The molecule has 0 atom stereocenters. The van der Waals surface area contributed by atoms with Crippen LogP contribution in [0.15, 0.2) is 97.1 Å². The van der Waals surface area contributed by atoms with Gasteiger partial charge in [0, 0.05) is 5.92 Å². The second-order valence-corrected chi connectivity index (χ2v) is 8.47. The van der Waals surface area contributed by atoms with Crippen molar-refractivity contribution >= 4 is 11.4 Å². The highest BCUT2D eigenvalue weighted by Crippen LogP contribution is 2.35. The van der Waals surface area contributed by atoms with E-state index in [0.29, 0.717) is 28.8 Å². The van der Waals surface area contributed by atoms with E-state index in [-0.39, 0.29) is 0 Å². The monoisotopic (exact) mass is 452 g/mol. The highest BCUT2D eigenvalue weighted by atomic mass is 16.5. The Morgan fingerprint density at radius 1 is 0.588 bits per heavy atom. The summed E-state index contributed by atoms with van der Waals surface area (Å²) in [7, 11) is 0. The summed E-state index contributed by atoms with van der Waals surface area (Å²) in [5.74, 6) is 3.20. The molecule has 4 aromatic carbocycles. The molecule has 34 heavy (non-hydrogen) atoms. The molecular formula is C30H32N2O2. The normalized spacial score (nSPS) is 10.9. The molecule has 0 bridgehead atoms. The Bertz CT molecular complexity index is 1100. The van der Waals surface area contributed by atoms with Gasteiger partial charge in [-0.3, -0.25) is 0 Å². The summed E-state index contributed by atoms with van der Waals surface area (Å²) < 4.78 is 12.0. The van der Waals surface area contributed by atoms with E-state index < -0.39 is 0 Å². The molecule has 0 amide bonds. The predicted octanol–water partition coefficient (Wildman–Crippen LogP) is 8.15. The highest BCUT2D eigenvalue weighted by molar-refractivity contribution is 5.54. The lowest BCUT2D eigenvalue weighted by molar-refractivity contribution is 0.484. The molecule has 0 saturated heterocycles. The first kappa shape index (κ1) is 23.2. The lowest BCUT2D eigenvalue weighted by Gasteiger charge is -2.19. The van der Waals surface area contributed by atoms with Crippen LogP contribution in [0.4, 0.5) is 11.4 Å². The summed E-state index contributed by atoms with van der Waals surface area (Å²) in [5, 5.41) is 0. The standard InChI is InChI=1S/C30H32N2O2/c1-2-3-4-9-26(22-14-18-24(19-15-22)33-29-12-7-5-10-27(29)31)23-16-20-25(21-17-23)34-30-13-8-6-11-28(30)32/h5-8,10-21,26H,2-4,9,31-32H2,1H3. The number of anilines is 2. The van der Waals surface area contributed by atoms with Crippen LogP contribution in [0.3, 0.4) is 0 Å². The summed E-state index contributed by atoms with van der Waals surface area (Å²) in [5.41, 5.74) is 15.8. The Balaban J connectivity index is 1.52. The van der Waals surface area contributed by atoms with E-state index in [1.807, 2.05) is 72.8 Å². The van der Waals surface area contributed by atoms with Gasteiger partial charge in [0.25, 0.3) is 0 Å². The van der Waals surface area contributed by atoms with E-state index in [1.165, 1.54) is 30.4 Å². The van der Waals surface area contributed by atoms with Crippen LogP contribution in [0, 0.1) is 0 Å². The number of hydrogen-bond acceptors (Lipinski definition) is 4. The minimum Gasteiger partial charge on any atom is -0.455 e. The zero-order valence-electron chi connectivity index (χ0n) is 19.6. The summed E-state index contributed by atoms with van der Waals surface area (Å²) >= 11 is 0. The van der Waals surface area contributed by atoms with E-state index >= 15 is 0 Å². The van der Waals surface area contributed by atoms with Crippen molar-refractivity contribution in [3.63, 3.8) is 0 Å². The smallest absolute Gasteiger partial charge is 0.150 e. The molecule has 174 valence electrons. The molecule has 4 heteroatoms. The van der Waals surface area contributed by atoms with Gasteiger partial charge >= 0.3 is 0 Å². The first-order valence-electron chi connectivity index (χ1n) is 11.9. The third-order valence-corrected chi connectivity index (χ3v) is 5.95. The second kappa shape index (κ2) is 11.3. The van der Waals surface area contributed by atoms with Gasteiger partial charge in [0.1, 0.15) is 23.0 Å². The third-order valence-electron chi connectivity index (χ3n) is 5.95. The predicted molar refractivity (Wildman–Crippen MR) is 141 cm³/mol. The van der Waals surface area contributed by atoms with Crippen LogP contribution in [0.2, 0.25) is 0 Å². The number of unbranched alkanes of at least 4 members (excludes halogenated alkanes) is 2. The van der Waals surface area contributed by atoms with Gasteiger partial charge in [-0.1, -0.05) is 74.7 Å². The summed E-state index contributed by atoms with van der Waals surface area (Å²) in [4.78, 5) is 0. The number of nitrogen functional groups attached to an aromatic ring is 2. The molecule has 4 aromatic rings. The molecule has 0 aromatic heterocycles. The Morgan fingerprint density at radius 2 is 1.03 bits per heavy atom. The Kier molecular flexibility index (Phi) is 7.71. The number of hydrogen-bond donors (Lipinski definition) is 2. The minimum absolute atomic E-state index is 0.304. The molecule has 4 rings (SSSR count). The molecule has 0 aliphatic heterocycles. The van der Waals surface area contributed by atoms with Crippen LogP contribution in [0.1, 0.15) is 49.7 Å². The molecule has 0 aliphatic carbocycles. The molecule has 0 spiro atoms. The van der Waals surface area contributed by atoms with E-state index in [1.54, 1.807) is 0 Å². The first-order valence-corrected chi connectivity index (χ1v) is 11.9. The van der Waals surface area contributed by atoms with Gasteiger partial charge in [0.15, 0.2) is 0 Å². The quantitative estimate of drug-likeness (QED) is 0.188. The van der Waals surface area contributed by atoms with Crippen LogP contribution in [0.5, 0.6) is 23.0 Å².